The molecule has 1 aromatic heterocycles. The molecule has 1 aromatic carbocycles. The molecule has 100 valence electrons. The zero-order valence-electron chi connectivity index (χ0n) is 10.2. The maximum absolute atomic E-state index is 12.0. The number of H-pyrrole nitrogens is 1. The Morgan fingerprint density at radius 3 is 2.74 bits per heavy atom. The van der Waals surface area contributed by atoms with Gasteiger partial charge in [0.05, 0.1) is 19.8 Å². The van der Waals surface area contributed by atoms with E-state index in [4.69, 9.17) is 9.47 Å². The predicted molar refractivity (Wildman–Crippen MR) is 63.3 cm³/mol. The van der Waals surface area contributed by atoms with Crippen molar-refractivity contribution in [1.82, 2.24) is 20.6 Å². The second-order valence-electron chi connectivity index (χ2n) is 3.42. The first-order chi connectivity index (χ1) is 9.15. The van der Waals surface area contributed by atoms with Gasteiger partial charge in [0.15, 0.2) is 11.5 Å². The fourth-order valence-electron chi connectivity index (χ4n) is 1.41. The number of aromatic nitrogens is 4. The summed E-state index contributed by atoms with van der Waals surface area (Å²) in [5, 5.41) is 24.9. The number of amides is 1. The number of phenols is 1. The van der Waals surface area contributed by atoms with E-state index >= 15 is 0 Å². The van der Waals surface area contributed by atoms with Crippen molar-refractivity contribution in [1.29, 1.82) is 0 Å². The fraction of sp³-hybridized carbons (Fsp3) is 0.200. The molecule has 0 spiro atoms. The van der Waals surface area contributed by atoms with Gasteiger partial charge >= 0.3 is 0 Å². The number of aromatic amines is 1. The molecule has 0 radical (unpaired) electrons. The molecule has 0 aliphatic rings. The lowest BCUT2D eigenvalue weighted by molar-refractivity contribution is 0.102. The fourth-order valence-corrected chi connectivity index (χ4v) is 1.41. The van der Waals surface area contributed by atoms with Crippen molar-refractivity contribution in [2.75, 3.05) is 19.5 Å². The maximum atomic E-state index is 12.0. The van der Waals surface area contributed by atoms with Gasteiger partial charge in [-0.2, -0.15) is 5.21 Å². The lowest BCUT2D eigenvalue weighted by Gasteiger charge is -2.10. The van der Waals surface area contributed by atoms with Gasteiger partial charge in [0, 0.05) is 6.07 Å². The molecule has 2 rings (SSSR count). The number of ether oxygens (including phenoxy) is 2. The molecule has 0 saturated heterocycles. The zero-order chi connectivity index (χ0) is 13.8. The Kier molecular flexibility index (Phi) is 3.46. The number of methoxy groups -OCH3 is 2. The summed E-state index contributed by atoms with van der Waals surface area (Å²) in [4.78, 5) is 12.0. The summed E-state index contributed by atoms with van der Waals surface area (Å²) in [6.45, 7) is 0. The lowest BCUT2D eigenvalue weighted by atomic mass is 10.1. The molecule has 0 atom stereocenters. The van der Waals surface area contributed by atoms with Crippen LogP contribution in [0, 0.1) is 0 Å². The Bertz CT molecular complexity index is 584. The van der Waals surface area contributed by atoms with Crippen molar-refractivity contribution >= 4 is 11.9 Å². The van der Waals surface area contributed by atoms with E-state index in [2.05, 4.69) is 25.9 Å². The number of anilines is 1. The number of rotatable bonds is 4. The first-order valence-corrected chi connectivity index (χ1v) is 5.15. The van der Waals surface area contributed by atoms with E-state index in [1.54, 1.807) is 0 Å². The van der Waals surface area contributed by atoms with Crippen LogP contribution in [0.4, 0.5) is 5.95 Å². The molecular weight excluding hydrogens is 254 g/mol. The van der Waals surface area contributed by atoms with Crippen molar-refractivity contribution in [2.45, 2.75) is 0 Å². The molecule has 0 unspecified atom stereocenters. The molecule has 3 N–H and O–H groups in total. The molecule has 19 heavy (non-hydrogen) atoms. The Labute approximate surface area is 107 Å². The summed E-state index contributed by atoms with van der Waals surface area (Å²) < 4.78 is 9.97. The third kappa shape index (κ3) is 2.54. The molecule has 0 saturated carbocycles. The minimum atomic E-state index is -0.615. The number of hydrogen-bond donors (Lipinski definition) is 3. The summed E-state index contributed by atoms with van der Waals surface area (Å²) in [7, 11) is 2.81. The van der Waals surface area contributed by atoms with Gasteiger partial charge in [-0.05, 0) is 11.3 Å². The molecule has 9 heteroatoms. The zero-order valence-corrected chi connectivity index (χ0v) is 10.2. The molecule has 9 nitrogen and oxygen atoms in total. The first-order valence-electron chi connectivity index (χ1n) is 5.15. The Morgan fingerprint density at radius 2 is 2.16 bits per heavy atom. The summed E-state index contributed by atoms with van der Waals surface area (Å²) in [6, 6.07) is 2.83. The highest BCUT2D eigenvalue weighted by Crippen LogP contribution is 2.34. The normalized spacial score (nSPS) is 10.0. The Hall–Kier alpha value is -2.84. The third-order valence-corrected chi connectivity index (χ3v) is 2.32. The third-order valence-electron chi connectivity index (χ3n) is 2.32. The van der Waals surface area contributed by atoms with E-state index in [0.29, 0.717) is 5.75 Å². The second-order valence-corrected chi connectivity index (χ2v) is 3.42. The number of phenolic OH excluding ortho intramolecular Hbond substituents is 1. The van der Waals surface area contributed by atoms with Gasteiger partial charge in [-0.1, -0.05) is 5.10 Å². The van der Waals surface area contributed by atoms with Gasteiger partial charge in [-0.3, -0.25) is 10.1 Å². The Morgan fingerprint density at radius 1 is 1.37 bits per heavy atom. The molecule has 2 aromatic rings. The molecule has 0 bridgehead atoms. The van der Waals surface area contributed by atoms with E-state index < -0.39 is 5.91 Å². The lowest BCUT2D eigenvalue weighted by Crippen LogP contribution is -2.13. The minimum absolute atomic E-state index is 0.00816. The number of carbonyl (C=O) groups is 1. The maximum Gasteiger partial charge on any atom is 0.270 e. The molecule has 1 amide bonds. The number of nitrogens with one attached hydrogen (secondary N) is 2. The van der Waals surface area contributed by atoms with Gasteiger partial charge in [0.2, 0.25) is 0 Å². The number of aromatic hydroxyl groups is 1. The van der Waals surface area contributed by atoms with E-state index in [-0.39, 0.29) is 23.0 Å². The highest BCUT2D eigenvalue weighted by atomic mass is 16.5. The SMILES string of the molecule is COc1cc(OC)c(O)c(C(=O)Nc2nn[nH]n2)c1. The number of carbonyl (C=O) groups excluding carboxylic acids is 1. The molecule has 0 fully saturated rings. The van der Waals surface area contributed by atoms with E-state index in [1.807, 2.05) is 0 Å². The van der Waals surface area contributed by atoms with Crippen LogP contribution < -0.4 is 14.8 Å². The highest BCUT2D eigenvalue weighted by molar-refractivity contribution is 6.06. The van der Waals surface area contributed by atoms with E-state index in [9.17, 15) is 9.90 Å². The van der Waals surface area contributed by atoms with Gasteiger partial charge in [0.25, 0.3) is 11.9 Å². The van der Waals surface area contributed by atoms with Crippen LogP contribution in [0.5, 0.6) is 17.2 Å². The van der Waals surface area contributed by atoms with E-state index in [1.165, 1.54) is 26.4 Å². The smallest absolute Gasteiger partial charge is 0.270 e. The summed E-state index contributed by atoms with van der Waals surface area (Å²) >= 11 is 0. The summed E-state index contributed by atoms with van der Waals surface area (Å²) in [5.74, 6) is -0.433. The van der Waals surface area contributed by atoms with Crippen LogP contribution in [0.2, 0.25) is 0 Å². The number of hydrogen-bond acceptors (Lipinski definition) is 7. The first kappa shape index (κ1) is 12.6. The van der Waals surface area contributed by atoms with Crippen LogP contribution in [0.1, 0.15) is 10.4 Å². The highest BCUT2D eigenvalue weighted by Gasteiger charge is 2.18. The Balaban J connectivity index is 2.35. The number of tetrazole rings is 1. The topological polar surface area (TPSA) is 122 Å². The van der Waals surface area contributed by atoms with Gasteiger partial charge in [0.1, 0.15) is 5.75 Å². The molecule has 0 aliphatic carbocycles. The monoisotopic (exact) mass is 265 g/mol. The van der Waals surface area contributed by atoms with Crippen molar-refractivity contribution in [2.24, 2.45) is 0 Å². The standard InChI is InChI=1S/C10H11N5O4/c1-18-5-3-6(8(16)7(4-5)19-2)9(17)11-10-12-14-15-13-10/h3-4,16H,1-2H3,(H2,11,12,13,14,15,17). The van der Waals surface area contributed by atoms with Crippen LogP contribution in [0.3, 0.4) is 0 Å². The molecule has 1 heterocycles. The largest absolute Gasteiger partial charge is 0.504 e. The van der Waals surface area contributed by atoms with Crippen molar-refractivity contribution in [3.63, 3.8) is 0 Å². The quantitative estimate of drug-likeness (QED) is 0.720. The molecule has 0 aliphatic heterocycles. The second kappa shape index (κ2) is 5.21. The predicted octanol–water partition coefficient (Wildman–Crippen LogP) is 0.175. The van der Waals surface area contributed by atoms with Crippen LogP contribution in [-0.2, 0) is 0 Å². The molecular formula is C10H11N5O4. The van der Waals surface area contributed by atoms with Crippen LogP contribution in [-0.4, -0.2) is 45.9 Å². The van der Waals surface area contributed by atoms with Gasteiger partial charge < -0.3 is 14.6 Å². The number of benzene rings is 1. The van der Waals surface area contributed by atoms with Crippen LogP contribution in [0.15, 0.2) is 12.1 Å². The number of nitrogens with zero attached hydrogens (tertiary/aromatic N) is 3. The summed E-state index contributed by atoms with van der Waals surface area (Å²) in [6.07, 6.45) is 0. The van der Waals surface area contributed by atoms with E-state index in [0.717, 1.165) is 0 Å². The van der Waals surface area contributed by atoms with Crippen LogP contribution >= 0.6 is 0 Å². The van der Waals surface area contributed by atoms with Crippen molar-refractivity contribution < 1.29 is 19.4 Å². The van der Waals surface area contributed by atoms with Gasteiger partial charge in [-0.25, -0.2) is 0 Å². The average Bonchev–Trinajstić information content (AvgIpc) is 2.91. The summed E-state index contributed by atoms with van der Waals surface area (Å²) in [5.41, 5.74) is -0.0269. The minimum Gasteiger partial charge on any atom is -0.504 e. The van der Waals surface area contributed by atoms with Gasteiger partial charge in [-0.15, -0.1) is 5.10 Å². The van der Waals surface area contributed by atoms with Crippen LogP contribution in [0.25, 0.3) is 0 Å². The van der Waals surface area contributed by atoms with Crippen molar-refractivity contribution in [3.05, 3.63) is 17.7 Å². The van der Waals surface area contributed by atoms with Crippen molar-refractivity contribution in [3.8, 4) is 17.2 Å². The average molecular weight is 265 g/mol.